The Morgan fingerprint density at radius 2 is 1.47 bits per heavy atom. The lowest BCUT2D eigenvalue weighted by Crippen LogP contribution is -2.35. The van der Waals surface area contributed by atoms with Crippen molar-refractivity contribution in [2.75, 3.05) is 16.8 Å². The molecule has 2 heteroatoms. The van der Waals surface area contributed by atoms with Gasteiger partial charge in [-0.05, 0) is 30.3 Å². The monoisotopic (exact) mass is 222 g/mol. The van der Waals surface area contributed by atoms with Gasteiger partial charge in [0.2, 0.25) is 0 Å². The van der Waals surface area contributed by atoms with Crippen molar-refractivity contribution in [1.29, 1.82) is 0 Å². The van der Waals surface area contributed by atoms with Crippen molar-refractivity contribution in [3.63, 3.8) is 0 Å². The molecule has 0 saturated heterocycles. The number of benzene rings is 2. The van der Waals surface area contributed by atoms with E-state index in [-0.39, 0.29) is 0 Å². The molecule has 1 N–H and O–H groups in total. The van der Waals surface area contributed by atoms with E-state index in [1.165, 1.54) is 5.69 Å². The molecule has 0 spiro atoms. The van der Waals surface area contributed by atoms with Crippen LogP contribution in [0.25, 0.3) is 0 Å². The van der Waals surface area contributed by atoms with Gasteiger partial charge in [0.05, 0.1) is 0 Å². The molecule has 3 rings (SSSR count). The first-order chi connectivity index (χ1) is 8.43. The lowest BCUT2D eigenvalue weighted by molar-refractivity contribution is 0.923. The molecule has 0 aliphatic carbocycles. The zero-order chi connectivity index (χ0) is 11.5. The maximum Gasteiger partial charge on any atom is 0.108 e. The Bertz CT molecular complexity index is 517. The Balaban J connectivity index is 1.75. The predicted molar refractivity (Wildman–Crippen MR) is 71.9 cm³/mol. The van der Waals surface area contributed by atoms with Gasteiger partial charge in [-0.1, -0.05) is 36.4 Å². The molecule has 2 aromatic rings. The fourth-order valence-corrected chi connectivity index (χ4v) is 1.91. The summed E-state index contributed by atoms with van der Waals surface area (Å²) in [6, 6.07) is 20.7. The van der Waals surface area contributed by atoms with Crippen LogP contribution in [0.3, 0.4) is 0 Å². The average Bonchev–Trinajstić information content (AvgIpc) is 2.37. The Morgan fingerprint density at radius 1 is 0.824 bits per heavy atom. The molecule has 0 aromatic heterocycles. The van der Waals surface area contributed by atoms with Crippen molar-refractivity contribution in [2.24, 2.45) is 0 Å². The Morgan fingerprint density at radius 3 is 2.06 bits per heavy atom. The summed E-state index contributed by atoms with van der Waals surface area (Å²) in [5.74, 6) is 1.16. The lowest BCUT2D eigenvalue weighted by Gasteiger charge is -2.34. The fourth-order valence-electron chi connectivity index (χ4n) is 1.91. The van der Waals surface area contributed by atoms with Crippen LogP contribution in [0.1, 0.15) is 0 Å². The minimum atomic E-state index is 0.971. The van der Waals surface area contributed by atoms with Crippen molar-refractivity contribution in [2.45, 2.75) is 0 Å². The summed E-state index contributed by atoms with van der Waals surface area (Å²) in [5.41, 5.74) is 2.35. The van der Waals surface area contributed by atoms with Crippen molar-refractivity contribution in [3.05, 3.63) is 72.6 Å². The summed E-state index contributed by atoms with van der Waals surface area (Å²) in [7, 11) is 0. The zero-order valence-electron chi connectivity index (χ0n) is 9.51. The highest BCUT2D eigenvalue weighted by molar-refractivity contribution is 5.62. The predicted octanol–water partition coefficient (Wildman–Crippen LogP) is 3.46. The van der Waals surface area contributed by atoms with Gasteiger partial charge in [0.1, 0.15) is 5.82 Å². The maximum absolute atomic E-state index is 3.41. The molecule has 0 fully saturated rings. The second-order valence-corrected chi connectivity index (χ2v) is 4.03. The molecule has 0 amide bonds. The number of para-hydroxylation sites is 2. The van der Waals surface area contributed by atoms with E-state index in [4.69, 9.17) is 0 Å². The van der Waals surface area contributed by atoms with Gasteiger partial charge in [0, 0.05) is 17.9 Å². The van der Waals surface area contributed by atoms with Crippen LogP contribution in [-0.4, -0.2) is 6.54 Å². The van der Waals surface area contributed by atoms with Crippen molar-refractivity contribution < 1.29 is 0 Å². The van der Waals surface area contributed by atoms with Gasteiger partial charge in [0.15, 0.2) is 0 Å². The molecule has 1 heterocycles. The average molecular weight is 222 g/mol. The second-order valence-electron chi connectivity index (χ2n) is 4.03. The van der Waals surface area contributed by atoms with Crippen molar-refractivity contribution >= 4 is 11.4 Å². The van der Waals surface area contributed by atoms with Crippen LogP contribution in [0.15, 0.2) is 72.6 Å². The van der Waals surface area contributed by atoms with Crippen LogP contribution in [-0.2, 0) is 0 Å². The molecule has 0 bridgehead atoms. The molecule has 0 saturated carbocycles. The standard InChI is InChI=1S/C15H14N2/c1-3-7-13(8-4-1)16-15-11-12-17(15)14-9-5-2-6-10-14/h1-11,16H,12H2. The summed E-state index contributed by atoms with van der Waals surface area (Å²) in [5, 5.41) is 3.41. The molecule has 2 nitrogen and oxygen atoms in total. The van der Waals surface area contributed by atoms with E-state index in [1.807, 2.05) is 24.3 Å². The van der Waals surface area contributed by atoms with Crippen LogP contribution in [0.4, 0.5) is 11.4 Å². The molecular formula is C15H14N2. The summed E-state index contributed by atoms with van der Waals surface area (Å²) in [6.45, 7) is 0.971. The van der Waals surface area contributed by atoms with Crippen LogP contribution in [0.5, 0.6) is 0 Å². The Kier molecular flexibility index (Phi) is 2.54. The molecule has 1 aliphatic rings. The van der Waals surface area contributed by atoms with E-state index in [9.17, 15) is 0 Å². The normalized spacial score (nSPS) is 13.9. The minimum absolute atomic E-state index is 0.971. The Hall–Kier alpha value is -2.22. The van der Waals surface area contributed by atoms with Crippen LogP contribution in [0.2, 0.25) is 0 Å². The highest BCUT2D eigenvalue weighted by atomic mass is 15.3. The van der Waals surface area contributed by atoms with E-state index >= 15 is 0 Å². The summed E-state index contributed by atoms with van der Waals surface area (Å²) in [4.78, 5) is 2.26. The van der Waals surface area contributed by atoms with Gasteiger partial charge in [-0.2, -0.15) is 0 Å². The molecule has 17 heavy (non-hydrogen) atoms. The lowest BCUT2D eigenvalue weighted by atomic mass is 10.2. The van der Waals surface area contributed by atoms with Gasteiger partial charge >= 0.3 is 0 Å². The van der Waals surface area contributed by atoms with Gasteiger partial charge in [-0.3, -0.25) is 0 Å². The van der Waals surface area contributed by atoms with Gasteiger partial charge < -0.3 is 10.2 Å². The second kappa shape index (κ2) is 4.34. The quantitative estimate of drug-likeness (QED) is 0.855. The van der Waals surface area contributed by atoms with Crippen molar-refractivity contribution in [3.8, 4) is 0 Å². The number of hydrogen-bond acceptors (Lipinski definition) is 2. The van der Waals surface area contributed by atoms with Crippen LogP contribution in [0, 0.1) is 0 Å². The summed E-state index contributed by atoms with van der Waals surface area (Å²) >= 11 is 0. The number of anilines is 2. The van der Waals surface area contributed by atoms with Crippen molar-refractivity contribution in [1.82, 2.24) is 0 Å². The first-order valence-electron chi connectivity index (χ1n) is 5.78. The van der Waals surface area contributed by atoms with Gasteiger partial charge in [0.25, 0.3) is 0 Å². The van der Waals surface area contributed by atoms with E-state index < -0.39 is 0 Å². The third kappa shape index (κ3) is 2.02. The van der Waals surface area contributed by atoms with E-state index in [0.29, 0.717) is 0 Å². The first-order valence-corrected chi connectivity index (χ1v) is 5.78. The highest BCUT2D eigenvalue weighted by Gasteiger charge is 2.18. The molecule has 84 valence electrons. The smallest absolute Gasteiger partial charge is 0.108 e. The maximum atomic E-state index is 3.41. The third-order valence-electron chi connectivity index (χ3n) is 2.87. The SMILES string of the molecule is C1=C(Nc2ccccc2)N(c2ccccc2)C1. The molecular weight excluding hydrogens is 208 g/mol. The fraction of sp³-hybridized carbons (Fsp3) is 0.0667. The van der Waals surface area contributed by atoms with Gasteiger partial charge in [-0.15, -0.1) is 0 Å². The van der Waals surface area contributed by atoms with Crippen LogP contribution < -0.4 is 10.2 Å². The van der Waals surface area contributed by atoms with Gasteiger partial charge in [-0.25, -0.2) is 0 Å². The number of rotatable bonds is 3. The number of nitrogens with one attached hydrogen (secondary N) is 1. The van der Waals surface area contributed by atoms with E-state index in [2.05, 4.69) is 52.7 Å². The number of hydrogen-bond donors (Lipinski definition) is 1. The van der Waals surface area contributed by atoms with E-state index in [1.54, 1.807) is 0 Å². The molecule has 2 aromatic carbocycles. The van der Waals surface area contributed by atoms with Crippen LogP contribution >= 0.6 is 0 Å². The number of nitrogens with zero attached hydrogens (tertiary/aromatic N) is 1. The topological polar surface area (TPSA) is 15.3 Å². The minimum Gasteiger partial charge on any atom is -0.342 e. The molecule has 1 aliphatic heterocycles. The Labute approximate surface area is 101 Å². The summed E-state index contributed by atoms with van der Waals surface area (Å²) in [6.07, 6.45) is 2.19. The molecule has 0 radical (unpaired) electrons. The third-order valence-corrected chi connectivity index (χ3v) is 2.87. The summed E-state index contributed by atoms with van der Waals surface area (Å²) < 4.78 is 0. The first kappa shape index (κ1) is 9.97. The molecule has 0 atom stereocenters. The zero-order valence-corrected chi connectivity index (χ0v) is 9.51. The van der Waals surface area contributed by atoms with E-state index in [0.717, 1.165) is 18.1 Å². The largest absolute Gasteiger partial charge is 0.342 e. The highest BCUT2D eigenvalue weighted by Crippen LogP contribution is 2.25. The molecule has 0 unspecified atom stereocenters.